The number of anilines is 1. The minimum absolute atomic E-state index is 0.167. The van der Waals surface area contributed by atoms with Crippen molar-refractivity contribution in [1.82, 2.24) is 30.5 Å². The Morgan fingerprint density at radius 1 is 1.10 bits per heavy atom. The summed E-state index contributed by atoms with van der Waals surface area (Å²) in [5.74, 6) is 2.33. The minimum Gasteiger partial charge on any atom is -0.484 e. The number of nitrogens with one attached hydrogen (secondary N) is 4. The van der Waals surface area contributed by atoms with Crippen molar-refractivity contribution in [2.75, 3.05) is 31.6 Å². The van der Waals surface area contributed by atoms with E-state index in [1.54, 1.807) is 13.1 Å². The summed E-state index contributed by atoms with van der Waals surface area (Å²) in [5.41, 5.74) is 2.92. The number of pyridine rings is 1. The van der Waals surface area contributed by atoms with Crippen molar-refractivity contribution in [2.45, 2.75) is 58.6 Å². The van der Waals surface area contributed by atoms with Crippen LogP contribution in [0.15, 0.2) is 54.5 Å². The van der Waals surface area contributed by atoms with E-state index in [-0.39, 0.29) is 30.2 Å². The van der Waals surface area contributed by atoms with Gasteiger partial charge in [-0.3, -0.25) is 9.72 Å². The molecular weight excluding hydrogens is 532 g/mol. The van der Waals surface area contributed by atoms with Crippen LogP contribution in [0.5, 0.6) is 5.75 Å². The Morgan fingerprint density at radius 2 is 1.83 bits per heavy atom. The van der Waals surface area contributed by atoms with Crippen LogP contribution < -0.4 is 25.6 Å². The van der Waals surface area contributed by atoms with E-state index in [1.165, 1.54) is 0 Å². The fraction of sp³-hybridized carbons (Fsp3) is 0.484. The van der Waals surface area contributed by atoms with Gasteiger partial charge in [-0.15, -0.1) is 10.2 Å². The van der Waals surface area contributed by atoms with Gasteiger partial charge in [-0.25, -0.2) is 4.79 Å². The van der Waals surface area contributed by atoms with Crippen LogP contribution in [0.25, 0.3) is 5.65 Å². The third-order valence-corrected chi connectivity index (χ3v) is 8.15. The third-order valence-electron chi connectivity index (χ3n) is 8.15. The highest BCUT2D eigenvalue weighted by Crippen LogP contribution is 2.39. The maximum Gasteiger partial charge on any atom is 0.320 e. The number of ether oxygens (including phenoxy) is 1. The van der Waals surface area contributed by atoms with Gasteiger partial charge in [0, 0.05) is 37.9 Å². The minimum atomic E-state index is -0.329. The monoisotopic (exact) mass is 574 g/mol. The average molecular weight is 575 g/mol. The Labute approximate surface area is 246 Å². The molecule has 5 rings (SSSR count). The van der Waals surface area contributed by atoms with Crippen molar-refractivity contribution in [3.8, 4) is 5.75 Å². The molecule has 224 valence electrons. The Hall–Kier alpha value is -4.12. The van der Waals surface area contributed by atoms with Gasteiger partial charge < -0.3 is 30.8 Å². The van der Waals surface area contributed by atoms with Crippen LogP contribution in [0.4, 0.5) is 10.7 Å². The van der Waals surface area contributed by atoms with E-state index < -0.39 is 0 Å². The number of aromatic nitrogens is 3. The summed E-state index contributed by atoms with van der Waals surface area (Å²) in [4.78, 5) is 15.2. The Balaban J connectivity index is 1.28. The first-order valence-electron chi connectivity index (χ1n) is 14.7. The first-order chi connectivity index (χ1) is 20.2. The fourth-order valence-corrected chi connectivity index (χ4v) is 5.50. The molecule has 1 aliphatic heterocycles. The number of amides is 2. The maximum atomic E-state index is 13.0. The molecule has 1 saturated heterocycles. The van der Waals surface area contributed by atoms with E-state index in [2.05, 4.69) is 37.1 Å². The number of aliphatic hydroxyl groups excluding tert-OH is 1. The van der Waals surface area contributed by atoms with Crippen LogP contribution in [0.1, 0.15) is 69.7 Å². The molecule has 2 amide bonds. The number of piperidine rings is 1. The fourth-order valence-electron chi connectivity index (χ4n) is 5.50. The molecule has 2 aliphatic rings. The molecule has 1 fully saturated rings. The van der Waals surface area contributed by atoms with Gasteiger partial charge in [-0.05, 0) is 60.9 Å². The molecule has 1 aromatic carbocycles. The number of carbonyl (C=O) groups is 1. The number of fused-ring (bicyclic) bond motifs is 2. The number of hydrogen-bond donors (Lipinski definition) is 5. The van der Waals surface area contributed by atoms with Gasteiger partial charge in [0.1, 0.15) is 17.7 Å². The number of rotatable bonds is 8. The summed E-state index contributed by atoms with van der Waals surface area (Å²) in [6.07, 6.45) is 6.73. The predicted molar refractivity (Wildman–Crippen MR) is 163 cm³/mol. The topological polar surface area (TPSA) is 140 Å². The van der Waals surface area contributed by atoms with Crippen LogP contribution in [0, 0.1) is 16.7 Å². The second kappa shape index (κ2) is 12.4. The highest BCUT2D eigenvalue weighted by atomic mass is 16.5. The summed E-state index contributed by atoms with van der Waals surface area (Å²) in [6.45, 7) is 7.78. The number of urea groups is 1. The van der Waals surface area contributed by atoms with Gasteiger partial charge in [-0.2, -0.15) is 0 Å². The largest absolute Gasteiger partial charge is 0.484 e. The smallest absolute Gasteiger partial charge is 0.320 e. The summed E-state index contributed by atoms with van der Waals surface area (Å²) in [6, 6.07) is 11.4. The summed E-state index contributed by atoms with van der Waals surface area (Å²) in [7, 11) is 1.72. The Bertz CT molecular complexity index is 1450. The van der Waals surface area contributed by atoms with Crippen molar-refractivity contribution in [3.63, 3.8) is 0 Å². The van der Waals surface area contributed by atoms with E-state index in [0.717, 1.165) is 60.8 Å². The lowest BCUT2D eigenvalue weighted by molar-refractivity contribution is 0.171. The number of allylic oxidation sites excluding steroid dienone is 1. The molecule has 2 atom stereocenters. The number of benzene rings is 1. The third kappa shape index (κ3) is 6.51. The van der Waals surface area contributed by atoms with Crippen molar-refractivity contribution >= 4 is 23.3 Å². The molecule has 11 nitrogen and oxygen atoms in total. The second-order valence-corrected chi connectivity index (χ2v) is 12.1. The Kier molecular flexibility index (Phi) is 8.67. The molecule has 5 N–H and O–H groups in total. The van der Waals surface area contributed by atoms with Crippen LogP contribution in [0.2, 0.25) is 0 Å². The van der Waals surface area contributed by atoms with Gasteiger partial charge in [-0.1, -0.05) is 45.0 Å². The van der Waals surface area contributed by atoms with Gasteiger partial charge in [0.15, 0.2) is 5.65 Å². The molecule has 0 bridgehead atoms. The molecule has 0 spiro atoms. The van der Waals surface area contributed by atoms with Gasteiger partial charge in [0.25, 0.3) is 0 Å². The SMILES string of the molecule is CN/C(=C\C(=N)C(C)(C)C)NC(=O)NC1CC[C@@H](Oc2ccc3nnc(N4CCC(CO)CC4)n3c2)c2ccccc21. The van der Waals surface area contributed by atoms with Crippen LogP contribution in [-0.4, -0.2) is 58.2 Å². The Morgan fingerprint density at radius 3 is 2.52 bits per heavy atom. The van der Waals surface area contributed by atoms with E-state index in [0.29, 0.717) is 23.9 Å². The van der Waals surface area contributed by atoms with Crippen molar-refractivity contribution in [2.24, 2.45) is 11.3 Å². The zero-order valence-corrected chi connectivity index (χ0v) is 24.9. The lowest BCUT2D eigenvalue weighted by atomic mass is 9.85. The molecular formula is C31H42N8O3. The van der Waals surface area contributed by atoms with E-state index in [9.17, 15) is 9.90 Å². The molecule has 42 heavy (non-hydrogen) atoms. The molecule has 0 radical (unpaired) electrons. The molecule has 3 heterocycles. The van der Waals surface area contributed by atoms with Crippen molar-refractivity contribution in [1.29, 1.82) is 5.41 Å². The lowest BCUT2D eigenvalue weighted by Crippen LogP contribution is -2.42. The lowest BCUT2D eigenvalue weighted by Gasteiger charge is -2.32. The van der Waals surface area contributed by atoms with Gasteiger partial charge >= 0.3 is 6.03 Å². The number of nitrogens with zero attached hydrogens (tertiary/aromatic N) is 4. The number of carbonyl (C=O) groups excluding carboxylic acids is 1. The summed E-state index contributed by atoms with van der Waals surface area (Å²) in [5, 5.41) is 35.5. The molecule has 1 unspecified atom stereocenters. The molecule has 2 aromatic heterocycles. The molecule has 11 heteroatoms. The van der Waals surface area contributed by atoms with Gasteiger partial charge in [0.05, 0.1) is 12.2 Å². The maximum absolute atomic E-state index is 13.0. The number of hydrogen-bond acceptors (Lipinski definition) is 8. The molecule has 1 aliphatic carbocycles. The quantitative estimate of drug-likeness (QED) is 0.253. The highest BCUT2D eigenvalue weighted by molar-refractivity contribution is 5.97. The first-order valence-corrected chi connectivity index (χ1v) is 14.7. The number of aliphatic hydroxyl groups is 1. The standard InChI is InChI=1S/C31H42N8O3/c1-31(2,3)26(32)17-27(33-4)35-29(41)34-24-10-11-25(23-8-6-5-7-22(23)24)42-21-9-12-28-36-37-30(39(28)18-21)38-15-13-20(19-40)14-16-38/h5-9,12,17-18,20,24-25,32-33,40H,10-11,13-16,19H2,1-4H3,(H2,34,35,41)/b27-17+,32-26?/t24?,25-/m1/s1. The van der Waals surface area contributed by atoms with Crippen LogP contribution >= 0.6 is 0 Å². The zero-order chi connectivity index (χ0) is 29.9. The summed E-state index contributed by atoms with van der Waals surface area (Å²) >= 11 is 0. The van der Waals surface area contributed by atoms with Crippen LogP contribution in [-0.2, 0) is 0 Å². The predicted octanol–water partition coefficient (Wildman–Crippen LogP) is 4.32. The average Bonchev–Trinajstić information content (AvgIpc) is 3.41. The van der Waals surface area contributed by atoms with Crippen molar-refractivity contribution in [3.05, 3.63) is 65.6 Å². The molecule has 0 saturated carbocycles. The normalized spacial score (nSPS) is 19.7. The van der Waals surface area contributed by atoms with E-state index in [1.807, 2.05) is 61.7 Å². The molecule has 3 aromatic rings. The van der Waals surface area contributed by atoms with Gasteiger partial charge in [0.2, 0.25) is 5.95 Å². The summed E-state index contributed by atoms with van der Waals surface area (Å²) < 4.78 is 8.52. The second-order valence-electron chi connectivity index (χ2n) is 12.1. The highest BCUT2D eigenvalue weighted by Gasteiger charge is 2.30. The first kappa shape index (κ1) is 29.4. The van der Waals surface area contributed by atoms with Crippen LogP contribution in [0.3, 0.4) is 0 Å². The van der Waals surface area contributed by atoms with E-state index in [4.69, 9.17) is 10.1 Å². The van der Waals surface area contributed by atoms with E-state index >= 15 is 0 Å². The van der Waals surface area contributed by atoms with Crippen molar-refractivity contribution < 1.29 is 14.6 Å². The zero-order valence-electron chi connectivity index (χ0n) is 24.9.